The maximum absolute atomic E-state index is 11.6. The normalized spacial score (nSPS) is 10.3. The zero-order valence-corrected chi connectivity index (χ0v) is 11.0. The Morgan fingerprint density at radius 3 is 2.39 bits per heavy atom. The van der Waals surface area contributed by atoms with Crippen LogP contribution >= 0.6 is 22.6 Å². The molecule has 6 nitrogen and oxygen atoms in total. The summed E-state index contributed by atoms with van der Waals surface area (Å²) in [6, 6.07) is 6.86. The minimum Gasteiger partial charge on any atom is -0.477 e. The van der Waals surface area contributed by atoms with Crippen molar-refractivity contribution in [1.82, 2.24) is 9.55 Å². The van der Waals surface area contributed by atoms with Crippen molar-refractivity contribution in [2.24, 2.45) is 0 Å². The van der Waals surface area contributed by atoms with Crippen LogP contribution in [0.2, 0.25) is 0 Å². The maximum Gasteiger partial charge on any atom is 0.342 e. The van der Waals surface area contributed by atoms with Gasteiger partial charge in [0, 0.05) is 9.77 Å². The Kier molecular flexibility index (Phi) is 3.32. The van der Waals surface area contributed by atoms with E-state index in [0.717, 1.165) is 14.3 Å². The quantitative estimate of drug-likeness (QED) is 0.778. The second-order valence-corrected chi connectivity index (χ2v) is 4.70. The standard InChI is InChI=1S/C11H7IN2O4/c12-6-1-3-7(4-2-6)14-5-8(10(16)17)9(15)13-11(14)18/h1-5H,(H,16,17)(H,13,15,18). The molecule has 0 radical (unpaired) electrons. The van der Waals surface area contributed by atoms with Gasteiger partial charge in [-0.05, 0) is 46.9 Å². The van der Waals surface area contributed by atoms with Gasteiger partial charge in [0.05, 0.1) is 5.69 Å². The van der Waals surface area contributed by atoms with E-state index in [1.807, 2.05) is 4.98 Å². The number of nitrogens with one attached hydrogen (secondary N) is 1. The molecule has 0 aliphatic carbocycles. The molecule has 0 saturated heterocycles. The molecule has 1 heterocycles. The van der Waals surface area contributed by atoms with Crippen molar-refractivity contribution in [3.63, 3.8) is 0 Å². The highest BCUT2D eigenvalue weighted by atomic mass is 127. The van der Waals surface area contributed by atoms with Gasteiger partial charge in [-0.25, -0.2) is 9.59 Å². The zero-order chi connectivity index (χ0) is 13.3. The first-order valence-electron chi connectivity index (χ1n) is 4.84. The number of hydrogen-bond acceptors (Lipinski definition) is 3. The predicted molar refractivity (Wildman–Crippen MR) is 72.3 cm³/mol. The molecule has 2 rings (SSSR count). The number of halogens is 1. The third kappa shape index (κ3) is 2.35. The molecular formula is C11H7IN2O4. The van der Waals surface area contributed by atoms with Crippen molar-refractivity contribution in [2.75, 3.05) is 0 Å². The van der Waals surface area contributed by atoms with E-state index in [1.165, 1.54) is 0 Å². The summed E-state index contributed by atoms with van der Waals surface area (Å²) in [5.41, 5.74) is -1.58. The Morgan fingerprint density at radius 2 is 1.83 bits per heavy atom. The summed E-state index contributed by atoms with van der Waals surface area (Å²) in [5.74, 6) is -1.38. The lowest BCUT2D eigenvalue weighted by atomic mass is 10.3. The van der Waals surface area contributed by atoms with Gasteiger partial charge in [0.2, 0.25) is 0 Å². The molecule has 0 bridgehead atoms. The molecule has 0 spiro atoms. The number of hydrogen-bond donors (Lipinski definition) is 2. The lowest BCUT2D eigenvalue weighted by Crippen LogP contribution is -2.32. The lowest BCUT2D eigenvalue weighted by molar-refractivity contribution is 0.0694. The molecule has 92 valence electrons. The predicted octanol–water partition coefficient (Wildman–Crippen LogP) is 0.829. The van der Waals surface area contributed by atoms with Gasteiger partial charge in [-0.1, -0.05) is 0 Å². The van der Waals surface area contributed by atoms with E-state index in [0.29, 0.717) is 5.69 Å². The van der Waals surface area contributed by atoms with Crippen molar-refractivity contribution in [3.05, 3.63) is 60.4 Å². The molecule has 2 N–H and O–H groups in total. The van der Waals surface area contributed by atoms with Crippen LogP contribution in [0.25, 0.3) is 5.69 Å². The fourth-order valence-electron chi connectivity index (χ4n) is 1.42. The number of carboxylic acid groups (broad SMARTS) is 1. The Morgan fingerprint density at radius 1 is 1.22 bits per heavy atom. The van der Waals surface area contributed by atoms with Crippen LogP contribution in [0.4, 0.5) is 0 Å². The number of nitrogens with zero attached hydrogens (tertiary/aromatic N) is 1. The molecule has 1 aromatic heterocycles. The fraction of sp³-hybridized carbons (Fsp3) is 0. The Bertz CT molecular complexity index is 715. The Hall–Kier alpha value is -1.90. The van der Waals surface area contributed by atoms with Gasteiger partial charge in [-0.15, -0.1) is 0 Å². The van der Waals surface area contributed by atoms with E-state index in [-0.39, 0.29) is 0 Å². The van der Waals surface area contributed by atoms with Crippen molar-refractivity contribution in [2.45, 2.75) is 0 Å². The van der Waals surface area contributed by atoms with Gasteiger partial charge in [-0.3, -0.25) is 14.3 Å². The molecule has 0 unspecified atom stereocenters. The van der Waals surface area contributed by atoms with E-state index in [9.17, 15) is 14.4 Å². The Balaban J connectivity index is 2.68. The SMILES string of the molecule is O=C(O)c1cn(-c2ccc(I)cc2)c(=O)[nH]c1=O. The first kappa shape index (κ1) is 12.6. The van der Waals surface area contributed by atoms with Crippen LogP contribution in [0.3, 0.4) is 0 Å². The summed E-state index contributed by atoms with van der Waals surface area (Å²) in [6.45, 7) is 0. The van der Waals surface area contributed by atoms with E-state index in [4.69, 9.17) is 5.11 Å². The van der Waals surface area contributed by atoms with Crippen LogP contribution in [0.1, 0.15) is 10.4 Å². The number of aromatic amines is 1. The topological polar surface area (TPSA) is 92.2 Å². The third-order valence-electron chi connectivity index (χ3n) is 2.28. The van der Waals surface area contributed by atoms with Gasteiger partial charge >= 0.3 is 11.7 Å². The molecule has 0 fully saturated rings. The number of carboxylic acids is 1. The summed E-state index contributed by atoms with van der Waals surface area (Å²) in [4.78, 5) is 35.7. The summed E-state index contributed by atoms with van der Waals surface area (Å²) in [5, 5.41) is 8.84. The van der Waals surface area contributed by atoms with Crippen LogP contribution in [0.15, 0.2) is 40.1 Å². The summed E-state index contributed by atoms with van der Waals surface area (Å²) in [6.07, 6.45) is 1.02. The lowest BCUT2D eigenvalue weighted by Gasteiger charge is -2.05. The molecule has 18 heavy (non-hydrogen) atoms. The van der Waals surface area contributed by atoms with Crippen LogP contribution in [-0.4, -0.2) is 20.6 Å². The van der Waals surface area contributed by atoms with Gasteiger partial charge in [0.25, 0.3) is 5.56 Å². The smallest absolute Gasteiger partial charge is 0.342 e. The number of rotatable bonds is 2. The van der Waals surface area contributed by atoms with Crippen LogP contribution in [0.5, 0.6) is 0 Å². The molecule has 7 heteroatoms. The fourth-order valence-corrected chi connectivity index (χ4v) is 1.78. The van der Waals surface area contributed by atoms with E-state index >= 15 is 0 Å². The van der Waals surface area contributed by atoms with E-state index < -0.39 is 22.8 Å². The Labute approximate surface area is 114 Å². The van der Waals surface area contributed by atoms with Gasteiger partial charge in [-0.2, -0.15) is 0 Å². The minimum absolute atomic E-state index is 0.479. The molecule has 0 amide bonds. The van der Waals surface area contributed by atoms with Crippen molar-refractivity contribution in [1.29, 1.82) is 0 Å². The number of carbonyl (C=O) groups is 1. The van der Waals surface area contributed by atoms with Crippen molar-refractivity contribution < 1.29 is 9.90 Å². The summed E-state index contributed by atoms with van der Waals surface area (Å²) >= 11 is 2.11. The monoisotopic (exact) mass is 358 g/mol. The highest BCUT2D eigenvalue weighted by Crippen LogP contribution is 2.09. The molecule has 0 aliphatic heterocycles. The molecule has 1 aromatic carbocycles. The molecule has 2 aromatic rings. The van der Waals surface area contributed by atoms with Gasteiger partial charge in [0.1, 0.15) is 5.56 Å². The summed E-state index contributed by atoms with van der Waals surface area (Å²) in [7, 11) is 0. The minimum atomic E-state index is -1.38. The van der Waals surface area contributed by atoms with Gasteiger partial charge in [0.15, 0.2) is 0 Å². The first-order chi connectivity index (χ1) is 8.49. The maximum atomic E-state index is 11.6. The van der Waals surface area contributed by atoms with Crippen LogP contribution in [-0.2, 0) is 0 Å². The number of benzene rings is 1. The third-order valence-corrected chi connectivity index (χ3v) is 3.00. The number of aromatic carboxylic acids is 1. The largest absolute Gasteiger partial charge is 0.477 e. The summed E-state index contributed by atoms with van der Waals surface area (Å²) < 4.78 is 2.06. The molecular weight excluding hydrogens is 351 g/mol. The second kappa shape index (κ2) is 4.77. The molecule has 0 aliphatic rings. The van der Waals surface area contributed by atoms with E-state index in [1.54, 1.807) is 24.3 Å². The number of aromatic nitrogens is 2. The van der Waals surface area contributed by atoms with Crippen LogP contribution < -0.4 is 11.2 Å². The van der Waals surface area contributed by atoms with E-state index in [2.05, 4.69) is 22.6 Å². The van der Waals surface area contributed by atoms with Gasteiger partial charge < -0.3 is 5.11 Å². The number of H-pyrrole nitrogens is 1. The highest BCUT2D eigenvalue weighted by Gasteiger charge is 2.12. The average molecular weight is 358 g/mol. The highest BCUT2D eigenvalue weighted by molar-refractivity contribution is 14.1. The second-order valence-electron chi connectivity index (χ2n) is 3.45. The molecule has 0 atom stereocenters. The zero-order valence-electron chi connectivity index (χ0n) is 8.88. The van der Waals surface area contributed by atoms with Crippen LogP contribution in [0, 0.1) is 3.57 Å². The average Bonchev–Trinajstić information content (AvgIpc) is 2.30. The molecule has 0 saturated carbocycles. The first-order valence-corrected chi connectivity index (χ1v) is 5.92. The van der Waals surface area contributed by atoms with Crippen molar-refractivity contribution >= 4 is 28.6 Å². The van der Waals surface area contributed by atoms with Crippen molar-refractivity contribution in [3.8, 4) is 5.69 Å².